The number of rotatable bonds is 6. The van der Waals surface area contributed by atoms with E-state index in [1.165, 1.54) is 6.07 Å². The van der Waals surface area contributed by atoms with Gasteiger partial charge in [0.15, 0.2) is 17.3 Å². The molecule has 1 N–H and O–H groups in total. The zero-order chi connectivity index (χ0) is 24.4. The SMILES string of the molecule is CC(C)(C)[C@@H](CC(=O)c1cc(=O)[nH]c(-c2ccccc2)n1)c1ccc(OC(F)(F)F)c(F)c1. The van der Waals surface area contributed by atoms with Crippen LogP contribution in [0, 0.1) is 11.2 Å². The van der Waals surface area contributed by atoms with Gasteiger partial charge in [-0.3, -0.25) is 9.59 Å². The van der Waals surface area contributed by atoms with Crippen LogP contribution in [0.1, 0.15) is 49.2 Å². The van der Waals surface area contributed by atoms with E-state index in [2.05, 4.69) is 14.7 Å². The van der Waals surface area contributed by atoms with Crippen molar-refractivity contribution in [2.45, 2.75) is 39.5 Å². The van der Waals surface area contributed by atoms with Crippen LogP contribution < -0.4 is 10.3 Å². The molecule has 1 aromatic heterocycles. The lowest BCUT2D eigenvalue weighted by Gasteiger charge is -2.31. The van der Waals surface area contributed by atoms with Crippen LogP contribution in [0.25, 0.3) is 11.4 Å². The van der Waals surface area contributed by atoms with Gasteiger partial charge < -0.3 is 9.72 Å². The Kier molecular flexibility index (Phi) is 6.71. The number of halogens is 4. The van der Waals surface area contributed by atoms with Crippen molar-refractivity contribution in [3.63, 3.8) is 0 Å². The maximum atomic E-state index is 14.3. The molecule has 0 radical (unpaired) electrons. The number of nitrogens with one attached hydrogen (secondary N) is 1. The van der Waals surface area contributed by atoms with E-state index in [-0.39, 0.29) is 17.9 Å². The van der Waals surface area contributed by atoms with Gasteiger partial charge in [-0.15, -0.1) is 13.2 Å². The second kappa shape index (κ2) is 9.17. The van der Waals surface area contributed by atoms with Gasteiger partial charge >= 0.3 is 6.36 Å². The second-order valence-electron chi connectivity index (χ2n) is 8.63. The van der Waals surface area contributed by atoms with E-state index < -0.39 is 40.6 Å². The van der Waals surface area contributed by atoms with Crippen LogP contribution in [0.5, 0.6) is 5.75 Å². The van der Waals surface area contributed by atoms with Gasteiger partial charge in [0.1, 0.15) is 11.5 Å². The topological polar surface area (TPSA) is 72.0 Å². The summed E-state index contributed by atoms with van der Waals surface area (Å²) in [5, 5.41) is 0. The largest absolute Gasteiger partial charge is 0.573 e. The number of aromatic nitrogens is 2. The maximum absolute atomic E-state index is 14.3. The Hall–Kier alpha value is -3.49. The molecule has 2 aromatic carbocycles. The van der Waals surface area contributed by atoms with Crippen LogP contribution in [0.4, 0.5) is 17.6 Å². The van der Waals surface area contributed by atoms with E-state index in [4.69, 9.17) is 0 Å². The van der Waals surface area contributed by atoms with Crippen LogP contribution in [-0.4, -0.2) is 22.1 Å². The number of aromatic amines is 1. The molecule has 3 aromatic rings. The number of carbonyl (C=O) groups is 1. The van der Waals surface area contributed by atoms with E-state index in [0.29, 0.717) is 11.1 Å². The summed E-state index contributed by atoms with van der Waals surface area (Å²) in [7, 11) is 0. The molecule has 0 fully saturated rings. The van der Waals surface area contributed by atoms with E-state index in [1.54, 1.807) is 30.3 Å². The highest BCUT2D eigenvalue weighted by Gasteiger charge is 2.34. The third-order valence-corrected chi connectivity index (χ3v) is 5.09. The molecule has 0 bridgehead atoms. The van der Waals surface area contributed by atoms with Crippen molar-refractivity contribution < 1.29 is 27.1 Å². The molecule has 5 nitrogen and oxygen atoms in total. The van der Waals surface area contributed by atoms with Gasteiger partial charge in [-0.1, -0.05) is 57.2 Å². The Bertz CT molecular complexity index is 1200. The highest BCUT2D eigenvalue weighted by molar-refractivity contribution is 5.95. The van der Waals surface area contributed by atoms with Gasteiger partial charge in [0, 0.05) is 18.1 Å². The van der Waals surface area contributed by atoms with Crippen LogP contribution >= 0.6 is 0 Å². The minimum absolute atomic E-state index is 0.0515. The molecular formula is C24H22F4N2O3. The number of hydrogen-bond donors (Lipinski definition) is 1. The predicted octanol–water partition coefficient (Wildman–Crippen LogP) is 5.88. The fraction of sp³-hybridized carbons (Fsp3) is 0.292. The molecule has 0 aliphatic heterocycles. The Balaban J connectivity index is 1.92. The molecule has 1 atom stereocenters. The summed E-state index contributed by atoms with van der Waals surface area (Å²) in [6, 6.07) is 13.0. The molecular weight excluding hydrogens is 440 g/mol. The highest BCUT2D eigenvalue weighted by Crippen LogP contribution is 2.40. The van der Waals surface area contributed by atoms with Crippen molar-refractivity contribution in [2.24, 2.45) is 5.41 Å². The Morgan fingerprint density at radius 2 is 1.73 bits per heavy atom. The van der Waals surface area contributed by atoms with E-state index in [0.717, 1.165) is 18.2 Å². The number of benzene rings is 2. The van der Waals surface area contributed by atoms with Crippen molar-refractivity contribution in [2.75, 3.05) is 0 Å². The van der Waals surface area contributed by atoms with Crippen molar-refractivity contribution in [1.29, 1.82) is 0 Å². The standard InChI is InChI=1S/C24H22F4N2O3/c1-23(2,3)16(15-9-10-20(17(25)11-15)33-24(26,27)28)12-19(31)18-13-21(32)30-22(29-18)14-7-5-4-6-8-14/h4-11,13,16H,12H2,1-3H3,(H,29,30,32)/t16-/m0/s1. The Morgan fingerprint density at radius 1 is 1.06 bits per heavy atom. The average molecular weight is 462 g/mol. The van der Waals surface area contributed by atoms with Crippen molar-refractivity contribution >= 4 is 5.78 Å². The molecule has 0 saturated heterocycles. The van der Waals surface area contributed by atoms with Crippen molar-refractivity contribution in [1.82, 2.24) is 9.97 Å². The first-order valence-electron chi connectivity index (χ1n) is 10.1. The number of hydrogen-bond acceptors (Lipinski definition) is 4. The second-order valence-corrected chi connectivity index (χ2v) is 8.63. The normalized spacial score (nSPS) is 12.9. The average Bonchev–Trinajstić information content (AvgIpc) is 2.72. The Labute approximate surface area is 187 Å². The molecule has 0 aliphatic rings. The third-order valence-electron chi connectivity index (χ3n) is 5.09. The van der Waals surface area contributed by atoms with E-state index >= 15 is 0 Å². The van der Waals surface area contributed by atoms with E-state index in [9.17, 15) is 27.2 Å². The predicted molar refractivity (Wildman–Crippen MR) is 115 cm³/mol. The first-order valence-corrected chi connectivity index (χ1v) is 10.1. The number of Topliss-reactive ketones (excluding diaryl/α,β-unsaturated/α-hetero) is 1. The van der Waals surface area contributed by atoms with Gasteiger partial charge in [-0.2, -0.15) is 0 Å². The number of H-pyrrole nitrogens is 1. The van der Waals surface area contributed by atoms with Crippen molar-refractivity contribution in [3.8, 4) is 17.1 Å². The molecule has 9 heteroatoms. The third kappa shape index (κ3) is 6.27. The molecule has 0 aliphatic carbocycles. The molecule has 0 unspecified atom stereocenters. The number of ketones is 1. The lowest BCUT2D eigenvalue weighted by molar-refractivity contribution is -0.275. The van der Waals surface area contributed by atoms with Gasteiger partial charge in [-0.25, -0.2) is 9.37 Å². The summed E-state index contributed by atoms with van der Waals surface area (Å²) in [5.41, 5.74) is -0.156. The van der Waals surface area contributed by atoms with Gasteiger partial charge in [0.05, 0.1) is 0 Å². The quantitative estimate of drug-likeness (QED) is 0.367. The summed E-state index contributed by atoms with van der Waals surface area (Å²) in [5.74, 6) is -2.92. The molecule has 0 amide bonds. The molecule has 174 valence electrons. The minimum Gasteiger partial charge on any atom is -0.403 e. The number of carbonyl (C=O) groups excluding carboxylic acids is 1. The summed E-state index contributed by atoms with van der Waals surface area (Å²) < 4.78 is 55.3. The highest BCUT2D eigenvalue weighted by atomic mass is 19.4. The van der Waals surface area contributed by atoms with Gasteiger partial charge in [-0.05, 0) is 29.0 Å². The zero-order valence-electron chi connectivity index (χ0n) is 18.2. The van der Waals surface area contributed by atoms with Crippen LogP contribution in [0.2, 0.25) is 0 Å². The fourth-order valence-electron chi connectivity index (χ4n) is 3.49. The molecule has 1 heterocycles. The maximum Gasteiger partial charge on any atom is 0.573 e. The van der Waals surface area contributed by atoms with Crippen LogP contribution in [0.3, 0.4) is 0 Å². The number of ether oxygens (including phenoxy) is 1. The minimum atomic E-state index is -5.02. The van der Waals surface area contributed by atoms with Crippen LogP contribution in [-0.2, 0) is 0 Å². The Morgan fingerprint density at radius 3 is 2.30 bits per heavy atom. The van der Waals surface area contributed by atoms with Crippen LogP contribution in [0.15, 0.2) is 59.4 Å². The lowest BCUT2D eigenvalue weighted by Crippen LogP contribution is -2.24. The smallest absolute Gasteiger partial charge is 0.403 e. The lowest BCUT2D eigenvalue weighted by atomic mass is 9.73. The summed E-state index contributed by atoms with van der Waals surface area (Å²) in [6.07, 6.45) is -5.16. The van der Waals surface area contributed by atoms with E-state index in [1.807, 2.05) is 20.8 Å². The first-order chi connectivity index (χ1) is 15.3. The molecule has 33 heavy (non-hydrogen) atoms. The molecule has 0 spiro atoms. The first kappa shape index (κ1) is 24.2. The van der Waals surface area contributed by atoms with Crippen molar-refractivity contribution in [3.05, 3.63) is 82.0 Å². The number of alkyl halides is 3. The molecule has 3 rings (SSSR count). The fourth-order valence-corrected chi connectivity index (χ4v) is 3.49. The van der Waals surface area contributed by atoms with Gasteiger partial charge in [0.2, 0.25) is 0 Å². The van der Waals surface area contributed by atoms with Gasteiger partial charge in [0.25, 0.3) is 5.56 Å². The summed E-state index contributed by atoms with van der Waals surface area (Å²) >= 11 is 0. The monoisotopic (exact) mass is 462 g/mol. The molecule has 0 saturated carbocycles. The summed E-state index contributed by atoms with van der Waals surface area (Å²) in [6.45, 7) is 5.47. The number of nitrogens with zero attached hydrogens (tertiary/aromatic N) is 1. The summed E-state index contributed by atoms with van der Waals surface area (Å²) in [4.78, 5) is 32.1. The zero-order valence-corrected chi connectivity index (χ0v) is 18.2.